The van der Waals surface area contributed by atoms with E-state index in [0.29, 0.717) is 31.4 Å². The molecule has 136 valence electrons. The molecule has 0 radical (unpaired) electrons. The third-order valence-corrected chi connectivity index (χ3v) is 3.92. The van der Waals surface area contributed by atoms with E-state index in [1.807, 2.05) is 31.2 Å². The lowest BCUT2D eigenvalue weighted by Crippen LogP contribution is -2.48. The first-order chi connectivity index (χ1) is 11.8. The van der Waals surface area contributed by atoms with Crippen molar-refractivity contribution in [3.63, 3.8) is 0 Å². The van der Waals surface area contributed by atoms with Crippen molar-refractivity contribution in [3.05, 3.63) is 35.7 Å². The molecule has 1 unspecified atom stereocenters. The predicted molar refractivity (Wildman–Crippen MR) is 95.7 cm³/mol. The Bertz CT molecular complexity index is 669. The van der Waals surface area contributed by atoms with Gasteiger partial charge in [-0.3, -0.25) is 4.79 Å². The van der Waals surface area contributed by atoms with E-state index in [1.165, 1.54) is 0 Å². The van der Waals surface area contributed by atoms with E-state index in [2.05, 4.69) is 20.8 Å². The maximum absolute atomic E-state index is 12.0. The summed E-state index contributed by atoms with van der Waals surface area (Å²) in [5.74, 6) is 1.18. The van der Waals surface area contributed by atoms with Crippen molar-refractivity contribution in [1.29, 1.82) is 0 Å². The van der Waals surface area contributed by atoms with Crippen LogP contribution in [0.2, 0.25) is 0 Å². The molecule has 0 aliphatic carbocycles. The minimum atomic E-state index is -0.383. The lowest BCUT2D eigenvalue weighted by Gasteiger charge is -2.22. The number of amides is 1. The molecule has 1 aromatic heterocycles. The summed E-state index contributed by atoms with van der Waals surface area (Å²) >= 11 is 0. The van der Waals surface area contributed by atoms with E-state index in [9.17, 15) is 4.79 Å². The van der Waals surface area contributed by atoms with Crippen molar-refractivity contribution >= 4 is 18.3 Å². The number of morpholine rings is 1. The number of hydrogen-bond donors (Lipinski definition) is 2. The highest BCUT2D eigenvalue weighted by Gasteiger charge is 2.20. The van der Waals surface area contributed by atoms with Crippen molar-refractivity contribution in [2.24, 2.45) is 0 Å². The Labute approximate surface area is 152 Å². The second kappa shape index (κ2) is 9.50. The SMILES string of the molecule is CCc1noc(-c2ccc(CCNC(=O)C3CNCCO3)cc2)n1.Cl. The van der Waals surface area contributed by atoms with Gasteiger partial charge in [0, 0.05) is 31.6 Å². The highest BCUT2D eigenvalue weighted by Crippen LogP contribution is 2.18. The topological polar surface area (TPSA) is 89.3 Å². The Morgan fingerprint density at radius 3 is 2.80 bits per heavy atom. The van der Waals surface area contributed by atoms with Crippen LogP contribution in [0.3, 0.4) is 0 Å². The van der Waals surface area contributed by atoms with Gasteiger partial charge in [-0.05, 0) is 24.1 Å². The Morgan fingerprint density at radius 1 is 1.36 bits per heavy atom. The van der Waals surface area contributed by atoms with Crippen LogP contribution in [-0.4, -0.2) is 48.4 Å². The van der Waals surface area contributed by atoms with Gasteiger partial charge in [-0.2, -0.15) is 4.98 Å². The molecule has 8 heteroatoms. The quantitative estimate of drug-likeness (QED) is 0.802. The van der Waals surface area contributed by atoms with Crippen LogP contribution in [0.1, 0.15) is 18.3 Å². The molecule has 0 bridgehead atoms. The number of carbonyl (C=O) groups excluding carboxylic acids is 1. The summed E-state index contributed by atoms with van der Waals surface area (Å²) < 4.78 is 10.6. The molecule has 1 fully saturated rings. The van der Waals surface area contributed by atoms with Crippen LogP contribution in [0.15, 0.2) is 28.8 Å². The van der Waals surface area contributed by atoms with Gasteiger partial charge in [0.05, 0.1) is 6.61 Å². The molecular formula is C17H23ClN4O3. The summed E-state index contributed by atoms with van der Waals surface area (Å²) in [7, 11) is 0. The van der Waals surface area contributed by atoms with Crippen LogP contribution < -0.4 is 10.6 Å². The summed E-state index contributed by atoms with van der Waals surface area (Å²) in [5, 5.41) is 9.96. The van der Waals surface area contributed by atoms with E-state index in [4.69, 9.17) is 9.26 Å². The summed E-state index contributed by atoms with van der Waals surface area (Å²) in [6, 6.07) is 7.93. The second-order valence-electron chi connectivity index (χ2n) is 5.67. The van der Waals surface area contributed by atoms with Gasteiger partial charge < -0.3 is 19.9 Å². The molecule has 7 nitrogen and oxygen atoms in total. The Morgan fingerprint density at radius 2 is 2.16 bits per heavy atom. The van der Waals surface area contributed by atoms with Crippen molar-refractivity contribution in [1.82, 2.24) is 20.8 Å². The predicted octanol–water partition coefficient (Wildman–Crippen LogP) is 1.37. The first kappa shape index (κ1) is 19.4. The van der Waals surface area contributed by atoms with Crippen molar-refractivity contribution < 1.29 is 14.1 Å². The van der Waals surface area contributed by atoms with Gasteiger partial charge >= 0.3 is 0 Å². The van der Waals surface area contributed by atoms with Gasteiger partial charge in [-0.1, -0.05) is 24.2 Å². The fraction of sp³-hybridized carbons (Fsp3) is 0.471. The van der Waals surface area contributed by atoms with Gasteiger partial charge in [0.15, 0.2) is 5.82 Å². The number of aryl methyl sites for hydroxylation is 1. The molecule has 0 saturated carbocycles. The minimum Gasteiger partial charge on any atom is -0.366 e. The van der Waals surface area contributed by atoms with Crippen molar-refractivity contribution in [3.8, 4) is 11.5 Å². The number of benzene rings is 1. The first-order valence-electron chi connectivity index (χ1n) is 8.28. The molecule has 1 amide bonds. The van der Waals surface area contributed by atoms with Crippen LogP contribution in [0.4, 0.5) is 0 Å². The standard InChI is InChI=1S/C17H22N4O3.ClH/c1-2-15-20-17(24-21-15)13-5-3-12(4-6-13)7-8-19-16(22)14-11-18-9-10-23-14;/h3-6,14,18H,2,7-11H2,1H3,(H,19,22);1H. The van der Waals surface area contributed by atoms with E-state index < -0.39 is 0 Å². The zero-order chi connectivity index (χ0) is 16.8. The monoisotopic (exact) mass is 366 g/mol. The van der Waals surface area contributed by atoms with Crippen molar-refractivity contribution in [2.75, 3.05) is 26.2 Å². The highest BCUT2D eigenvalue weighted by molar-refractivity contribution is 5.85. The number of ether oxygens (including phenoxy) is 1. The van der Waals surface area contributed by atoms with Gasteiger partial charge in [-0.25, -0.2) is 0 Å². The molecule has 2 heterocycles. The molecule has 25 heavy (non-hydrogen) atoms. The van der Waals surface area contributed by atoms with Crippen LogP contribution in [0.25, 0.3) is 11.5 Å². The van der Waals surface area contributed by atoms with Crippen LogP contribution in [-0.2, 0) is 22.4 Å². The van der Waals surface area contributed by atoms with Crippen molar-refractivity contribution in [2.45, 2.75) is 25.9 Å². The molecule has 1 aromatic carbocycles. The molecule has 1 saturated heterocycles. The number of halogens is 1. The number of nitrogens with zero attached hydrogens (tertiary/aromatic N) is 2. The Balaban J connectivity index is 0.00000225. The molecule has 1 atom stereocenters. The third-order valence-electron chi connectivity index (χ3n) is 3.92. The highest BCUT2D eigenvalue weighted by atomic mass is 35.5. The Hall–Kier alpha value is -1.96. The first-order valence-corrected chi connectivity index (χ1v) is 8.28. The minimum absolute atomic E-state index is 0. The molecular weight excluding hydrogens is 344 g/mol. The lowest BCUT2D eigenvalue weighted by atomic mass is 10.1. The number of aromatic nitrogens is 2. The molecule has 0 spiro atoms. The smallest absolute Gasteiger partial charge is 0.257 e. The summed E-state index contributed by atoms with van der Waals surface area (Å²) in [4.78, 5) is 16.3. The normalized spacial score (nSPS) is 16.9. The molecule has 1 aliphatic rings. The molecule has 1 aliphatic heterocycles. The number of hydrogen-bond acceptors (Lipinski definition) is 6. The van der Waals surface area contributed by atoms with Gasteiger partial charge in [0.2, 0.25) is 5.91 Å². The second-order valence-corrected chi connectivity index (χ2v) is 5.67. The van der Waals surface area contributed by atoms with E-state index in [0.717, 1.165) is 30.5 Å². The largest absolute Gasteiger partial charge is 0.366 e. The fourth-order valence-electron chi connectivity index (χ4n) is 2.51. The summed E-state index contributed by atoms with van der Waals surface area (Å²) in [5.41, 5.74) is 2.04. The maximum Gasteiger partial charge on any atom is 0.257 e. The average Bonchev–Trinajstić information content (AvgIpc) is 3.12. The number of rotatable bonds is 6. The average molecular weight is 367 g/mol. The fourth-order valence-corrected chi connectivity index (χ4v) is 2.51. The summed E-state index contributed by atoms with van der Waals surface area (Å²) in [6.07, 6.45) is 1.13. The van der Waals surface area contributed by atoms with Gasteiger partial charge in [0.1, 0.15) is 6.10 Å². The van der Waals surface area contributed by atoms with E-state index >= 15 is 0 Å². The molecule has 2 aromatic rings. The van der Waals surface area contributed by atoms with Gasteiger partial charge in [-0.15, -0.1) is 12.4 Å². The third kappa shape index (κ3) is 5.26. The zero-order valence-electron chi connectivity index (χ0n) is 14.2. The Kier molecular flexibility index (Phi) is 7.36. The van der Waals surface area contributed by atoms with E-state index in [1.54, 1.807) is 0 Å². The van der Waals surface area contributed by atoms with E-state index in [-0.39, 0.29) is 24.4 Å². The summed E-state index contributed by atoms with van der Waals surface area (Å²) in [6.45, 7) is 4.52. The van der Waals surface area contributed by atoms with Crippen LogP contribution in [0, 0.1) is 0 Å². The molecule has 2 N–H and O–H groups in total. The zero-order valence-corrected chi connectivity index (χ0v) is 15.0. The maximum atomic E-state index is 12.0. The number of nitrogens with one attached hydrogen (secondary N) is 2. The van der Waals surface area contributed by atoms with Crippen LogP contribution >= 0.6 is 12.4 Å². The number of carbonyl (C=O) groups is 1. The molecule has 3 rings (SSSR count). The lowest BCUT2D eigenvalue weighted by molar-refractivity contribution is -0.134. The van der Waals surface area contributed by atoms with Crippen LogP contribution in [0.5, 0.6) is 0 Å². The van der Waals surface area contributed by atoms with Gasteiger partial charge in [0.25, 0.3) is 5.89 Å².